The molecule has 0 saturated heterocycles. The van der Waals surface area contributed by atoms with Gasteiger partial charge in [0.15, 0.2) is 0 Å². The maximum Gasteiger partial charge on any atom is 0.0215 e. The molecule has 7 heavy (non-hydrogen) atoms. The highest BCUT2D eigenvalue weighted by molar-refractivity contribution is 9.09. The SMILES string of the molecule is C/C=C/C=C/CBr. The number of hydrogen-bond donors (Lipinski definition) is 0. The third-order valence-corrected chi connectivity index (χ3v) is 0.903. The minimum absolute atomic E-state index is 0.942. The summed E-state index contributed by atoms with van der Waals surface area (Å²) in [6, 6.07) is 0. The van der Waals surface area contributed by atoms with E-state index in [0.29, 0.717) is 0 Å². The van der Waals surface area contributed by atoms with Gasteiger partial charge in [0, 0.05) is 5.33 Å². The van der Waals surface area contributed by atoms with Crippen molar-refractivity contribution < 1.29 is 0 Å². The second kappa shape index (κ2) is 5.96. The Labute approximate surface area is 53.1 Å². The van der Waals surface area contributed by atoms with E-state index in [4.69, 9.17) is 0 Å². The summed E-state index contributed by atoms with van der Waals surface area (Å²) < 4.78 is 0. The molecule has 0 aromatic rings. The Balaban J connectivity index is 3.09. The summed E-state index contributed by atoms with van der Waals surface area (Å²) in [6.45, 7) is 2.00. The van der Waals surface area contributed by atoms with E-state index in [9.17, 15) is 0 Å². The van der Waals surface area contributed by atoms with Crippen LogP contribution < -0.4 is 0 Å². The molecule has 0 unspecified atom stereocenters. The highest BCUT2D eigenvalue weighted by atomic mass is 79.9. The van der Waals surface area contributed by atoms with E-state index in [1.54, 1.807) is 0 Å². The van der Waals surface area contributed by atoms with Crippen LogP contribution in [0.5, 0.6) is 0 Å². The number of rotatable bonds is 2. The van der Waals surface area contributed by atoms with Crippen molar-refractivity contribution in [2.45, 2.75) is 6.92 Å². The van der Waals surface area contributed by atoms with E-state index in [0.717, 1.165) is 5.33 Å². The highest BCUT2D eigenvalue weighted by Gasteiger charge is 1.59. The topological polar surface area (TPSA) is 0 Å². The zero-order valence-electron chi connectivity index (χ0n) is 4.39. The molecule has 0 aromatic heterocycles. The Morgan fingerprint density at radius 1 is 1.43 bits per heavy atom. The van der Waals surface area contributed by atoms with Gasteiger partial charge in [0.25, 0.3) is 0 Å². The minimum atomic E-state index is 0.942. The number of halogens is 1. The molecule has 0 fully saturated rings. The molecule has 0 aromatic carbocycles. The van der Waals surface area contributed by atoms with E-state index >= 15 is 0 Å². The molecule has 0 amide bonds. The quantitative estimate of drug-likeness (QED) is 0.431. The Kier molecular flexibility index (Phi) is 5.93. The molecule has 0 N–H and O–H groups in total. The first-order valence-corrected chi connectivity index (χ1v) is 3.37. The number of allylic oxidation sites excluding steroid dienone is 4. The van der Waals surface area contributed by atoms with Crippen LogP contribution in [-0.4, -0.2) is 5.33 Å². The van der Waals surface area contributed by atoms with Crippen molar-refractivity contribution >= 4 is 15.9 Å². The lowest BCUT2D eigenvalue weighted by Gasteiger charge is -1.69. The summed E-state index contributed by atoms with van der Waals surface area (Å²) in [4.78, 5) is 0. The Hall–Kier alpha value is -0.0400. The van der Waals surface area contributed by atoms with E-state index < -0.39 is 0 Å². The first kappa shape index (κ1) is 6.96. The maximum absolute atomic E-state index is 3.26. The lowest BCUT2D eigenvalue weighted by atomic mass is 10.5. The summed E-state index contributed by atoms with van der Waals surface area (Å²) in [5.41, 5.74) is 0. The van der Waals surface area contributed by atoms with Crippen LogP contribution in [-0.2, 0) is 0 Å². The average molecular weight is 161 g/mol. The molecular weight excluding hydrogens is 152 g/mol. The van der Waals surface area contributed by atoms with Crippen molar-refractivity contribution in [1.82, 2.24) is 0 Å². The van der Waals surface area contributed by atoms with E-state index in [1.807, 2.05) is 31.2 Å². The lowest BCUT2D eigenvalue weighted by Crippen LogP contribution is -1.53. The predicted molar refractivity (Wildman–Crippen MR) is 37.7 cm³/mol. The van der Waals surface area contributed by atoms with Gasteiger partial charge in [-0.3, -0.25) is 0 Å². The van der Waals surface area contributed by atoms with Crippen LogP contribution in [0.1, 0.15) is 6.92 Å². The van der Waals surface area contributed by atoms with Crippen LogP contribution in [0.3, 0.4) is 0 Å². The Bertz CT molecular complexity index is 72.2. The second-order valence-electron chi connectivity index (χ2n) is 1.11. The zero-order chi connectivity index (χ0) is 5.54. The smallest absolute Gasteiger partial charge is 0.0215 e. The molecule has 0 heterocycles. The van der Waals surface area contributed by atoms with Gasteiger partial charge in [-0.25, -0.2) is 0 Å². The molecule has 0 atom stereocenters. The molecule has 0 bridgehead atoms. The molecule has 0 saturated carbocycles. The second-order valence-corrected chi connectivity index (χ2v) is 1.76. The standard InChI is InChI=1S/C6H9Br/c1-2-3-4-5-6-7/h2-5H,6H2,1H3/b3-2+,5-4+. The normalized spacial score (nSPS) is 11.7. The van der Waals surface area contributed by atoms with Gasteiger partial charge in [-0.15, -0.1) is 0 Å². The molecule has 0 rings (SSSR count). The van der Waals surface area contributed by atoms with E-state index in [2.05, 4.69) is 15.9 Å². The monoisotopic (exact) mass is 160 g/mol. The minimum Gasteiger partial charge on any atom is -0.0883 e. The molecule has 0 radical (unpaired) electrons. The summed E-state index contributed by atoms with van der Waals surface area (Å²) in [5, 5.41) is 0.942. The van der Waals surface area contributed by atoms with Gasteiger partial charge < -0.3 is 0 Å². The van der Waals surface area contributed by atoms with E-state index in [1.165, 1.54) is 0 Å². The van der Waals surface area contributed by atoms with Gasteiger partial charge in [0.2, 0.25) is 0 Å². The van der Waals surface area contributed by atoms with Crippen LogP contribution in [0.25, 0.3) is 0 Å². The average Bonchev–Trinajstić information content (AvgIpc) is 1.69. The highest BCUT2D eigenvalue weighted by Crippen LogP contribution is 1.81. The first-order chi connectivity index (χ1) is 3.41. The summed E-state index contributed by atoms with van der Waals surface area (Å²) in [7, 11) is 0. The summed E-state index contributed by atoms with van der Waals surface area (Å²) >= 11 is 3.26. The van der Waals surface area contributed by atoms with Crippen molar-refractivity contribution in [2.24, 2.45) is 0 Å². The van der Waals surface area contributed by atoms with Crippen LogP contribution in [0.4, 0.5) is 0 Å². The van der Waals surface area contributed by atoms with Gasteiger partial charge in [0.1, 0.15) is 0 Å². The van der Waals surface area contributed by atoms with E-state index in [-0.39, 0.29) is 0 Å². The Morgan fingerprint density at radius 2 is 2.14 bits per heavy atom. The summed E-state index contributed by atoms with van der Waals surface area (Å²) in [5.74, 6) is 0. The fourth-order valence-corrected chi connectivity index (χ4v) is 0.457. The van der Waals surface area contributed by atoms with Gasteiger partial charge in [0.05, 0.1) is 0 Å². The molecular formula is C6H9Br. The van der Waals surface area contributed by atoms with Crippen molar-refractivity contribution in [1.29, 1.82) is 0 Å². The van der Waals surface area contributed by atoms with Crippen LogP contribution in [0, 0.1) is 0 Å². The molecule has 0 spiro atoms. The third kappa shape index (κ3) is 5.96. The predicted octanol–water partition coefficient (Wildman–Crippen LogP) is 2.51. The van der Waals surface area contributed by atoms with Crippen molar-refractivity contribution in [3.8, 4) is 0 Å². The third-order valence-electron chi connectivity index (χ3n) is 0.529. The first-order valence-electron chi connectivity index (χ1n) is 2.25. The Morgan fingerprint density at radius 3 is 2.57 bits per heavy atom. The largest absolute Gasteiger partial charge is 0.0883 e. The van der Waals surface area contributed by atoms with Crippen LogP contribution >= 0.6 is 15.9 Å². The molecule has 1 heteroatoms. The molecule has 0 nitrogen and oxygen atoms in total. The van der Waals surface area contributed by atoms with Crippen LogP contribution in [0.2, 0.25) is 0 Å². The van der Waals surface area contributed by atoms with Gasteiger partial charge in [-0.05, 0) is 6.92 Å². The molecule has 0 aliphatic heterocycles. The van der Waals surface area contributed by atoms with Crippen LogP contribution in [0.15, 0.2) is 24.3 Å². The van der Waals surface area contributed by atoms with Crippen molar-refractivity contribution in [3.63, 3.8) is 0 Å². The molecule has 40 valence electrons. The lowest BCUT2D eigenvalue weighted by molar-refractivity contribution is 1.71. The number of hydrogen-bond acceptors (Lipinski definition) is 0. The number of alkyl halides is 1. The van der Waals surface area contributed by atoms with Gasteiger partial charge in [-0.1, -0.05) is 40.2 Å². The van der Waals surface area contributed by atoms with Gasteiger partial charge >= 0.3 is 0 Å². The zero-order valence-corrected chi connectivity index (χ0v) is 5.98. The molecule has 0 aliphatic carbocycles. The van der Waals surface area contributed by atoms with Crippen molar-refractivity contribution in [2.75, 3.05) is 5.33 Å². The van der Waals surface area contributed by atoms with Gasteiger partial charge in [-0.2, -0.15) is 0 Å². The fraction of sp³-hybridized carbons (Fsp3) is 0.333. The molecule has 0 aliphatic rings. The fourth-order valence-electron chi connectivity index (χ4n) is 0.241. The summed E-state index contributed by atoms with van der Waals surface area (Å²) in [6.07, 6.45) is 8.05. The maximum atomic E-state index is 3.26. The van der Waals surface area contributed by atoms with Crippen molar-refractivity contribution in [3.05, 3.63) is 24.3 Å².